The second-order valence-electron chi connectivity index (χ2n) is 5.11. The SMILES string of the molecule is Cc1cc(C(=O)N2CC(C)CC2C)ccc1F. The van der Waals surface area contributed by atoms with E-state index in [9.17, 15) is 9.18 Å². The summed E-state index contributed by atoms with van der Waals surface area (Å²) < 4.78 is 13.2. The first-order valence-electron chi connectivity index (χ1n) is 6.06. The summed E-state index contributed by atoms with van der Waals surface area (Å²) >= 11 is 0. The van der Waals surface area contributed by atoms with Crippen molar-refractivity contribution in [1.82, 2.24) is 4.90 Å². The molecule has 1 heterocycles. The molecule has 0 saturated carbocycles. The lowest BCUT2D eigenvalue weighted by Gasteiger charge is -2.21. The zero-order chi connectivity index (χ0) is 12.6. The van der Waals surface area contributed by atoms with Crippen molar-refractivity contribution < 1.29 is 9.18 Å². The normalized spacial score (nSPS) is 24.1. The molecule has 2 nitrogen and oxygen atoms in total. The minimum Gasteiger partial charge on any atom is -0.336 e. The van der Waals surface area contributed by atoms with Gasteiger partial charge in [0.05, 0.1) is 0 Å². The summed E-state index contributed by atoms with van der Waals surface area (Å²) in [5, 5.41) is 0. The molecule has 3 heteroatoms. The third kappa shape index (κ3) is 2.33. The maximum Gasteiger partial charge on any atom is 0.254 e. The second kappa shape index (κ2) is 4.47. The number of rotatable bonds is 1. The first-order chi connectivity index (χ1) is 7.99. The standard InChI is InChI=1S/C14H18FNO/c1-9-6-11(3)16(8-9)14(17)12-4-5-13(15)10(2)7-12/h4-5,7,9,11H,6,8H2,1-3H3. The average molecular weight is 235 g/mol. The summed E-state index contributed by atoms with van der Waals surface area (Å²) in [5.41, 5.74) is 1.11. The van der Waals surface area contributed by atoms with Crippen molar-refractivity contribution in [2.45, 2.75) is 33.2 Å². The van der Waals surface area contributed by atoms with E-state index in [1.165, 1.54) is 6.07 Å². The van der Waals surface area contributed by atoms with Crippen molar-refractivity contribution in [3.8, 4) is 0 Å². The Morgan fingerprint density at radius 3 is 2.65 bits per heavy atom. The molecular weight excluding hydrogens is 217 g/mol. The predicted molar refractivity (Wildman–Crippen MR) is 65.4 cm³/mol. The molecule has 0 radical (unpaired) electrons. The Hall–Kier alpha value is -1.38. The lowest BCUT2D eigenvalue weighted by atomic mass is 10.1. The fourth-order valence-corrected chi connectivity index (χ4v) is 2.53. The van der Waals surface area contributed by atoms with Crippen LogP contribution < -0.4 is 0 Å². The van der Waals surface area contributed by atoms with Crippen LogP contribution in [0.3, 0.4) is 0 Å². The first-order valence-corrected chi connectivity index (χ1v) is 6.06. The van der Waals surface area contributed by atoms with Crippen molar-refractivity contribution in [3.05, 3.63) is 35.1 Å². The number of hydrogen-bond acceptors (Lipinski definition) is 1. The van der Waals surface area contributed by atoms with Crippen LogP contribution in [0.5, 0.6) is 0 Å². The van der Waals surface area contributed by atoms with Crippen LogP contribution in [-0.4, -0.2) is 23.4 Å². The van der Waals surface area contributed by atoms with Gasteiger partial charge in [-0.1, -0.05) is 6.92 Å². The molecule has 1 aromatic rings. The Bertz CT molecular complexity index is 444. The predicted octanol–water partition coefficient (Wildman–Crippen LogP) is 3.00. The molecule has 17 heavy (non-hydrogen) atoms. The smallest absolute Gasteiger partial charge is 0.254 e. The fraction of sp³-hybridized carbons (Fsp3) is 0.500. The highest BCUT2D eigenvalue weighted by Gasteiger charge is 2.30. The molecule has 0 aromatic heterocycles. The van der Waals surface area contributed by atoms with E-state index in [1.54, 1.807) is 19.1 Å². The topological polar surface area (TPSA) is 20.3 Å². The molecule has 0 spiro atoms. The summed E-state index contributed by atoms with van der Waals surface area (Å²) in [6, 6.07) is 4.85. The van der Waals surface area contributed by atoms with Crippen LogP contribution in [0, 0.1) is 18.7 Å². The maximum atomic E-state index is 13.2. The van der Waals surface area contributed by atoms with Crippen LogP contribution in [-0.2, 0) is 0 Å². The molecule has 1 aromatic carbocycles. The molecule has 0 N–H and O–H groups in total. The molecular formula is C14H18FNO. The monoisotopic (exact) mass is 235 g/mol. The minimum atomic E-state index is -0.260. The van der Waals surface area contributed by atoms with Gasteiger partial charge in [0.25, 0.3) is 5.91 Å². The number of carbonyl (C=O) groups excluding carboxylic acids is 1. The van der Waals surface area contributed by atoms with Gasteiger partial charge in [-0.05, 0) is 49.9 Å². The molecule has 0 bridgehead atoms. The van der Waals surface area contributed by atoms with Gasteiger partial charge >= 0.3 is 0 Å². The van der Waals surface area contributed by atoms with Gasteiger partial charge in [0.2, 0.25) is 0 Å². The molecule has 1 fully saturated rings. The van der Waals surface area contributed by atoms with Crippen molar-refractivity contribution >= 4 is 5.91 Å². The van der Waals surface area contributed by atoms with Gasteiger partial charge in [0.1, 0.15) is 5.82 Å². The highest BCUT2D eigenvalue weighted by molar-refractivity contribution is 5.94. The van der Waals surface area contributed by atoms with Gasteiger partial charge in [-0.2, -0.15) is 0 Å². The molecule has 0 aliphatic carbocycles. The molecule has 1 aliphatic rings. The Labute approximate surface area is 101 Å². The summed E-state index contributed by atoms with van der Waals surface area (Å²) in [5.74, 6) is 0.310. The lowest BCUT2D eigenvalue weighted by molar-refractivity contribution is 0.0743. The number of nitrogens with zero attached hydrogens (tertiary/aromatic N) is 1. The zero-order valence-corrected chi connectivity index (χ0v) is 10.5. The first kappa shape index (κ1) is 12.1. The van der Waals surface area contributed by atoms with Gasteiger partial charge in [-0.25, -0.2) is 4.39 Å². The molecule has 2 unspecified atom stereocenters. The third-order valence-electron chi connectivity index (χ3n) is 3.45. The lowest BCUT2D eigenvalue weighted by Crippen LogP contribution is -2.34. The van der Waals surface area contributed by atoms with Crippen LogP contribution in [0.1, 0.15) is 36.2 Å². The number of benzene rings is 1. The maximum absolute atomic E-state index is 13.2. The van der Waals surface area contributed by atoms with Crippen LogP contribution in [0.25, 0.3) is 0 Å². The molecule has 92 valence electrons. The van der Waals surface area contributed by atoms with E-state index in [1.807, 2.05) is 4.90 Å². The average Bonchev–Trinajstić information content (AvgIpc) is 2.61. The number of halogens is 1. The number of amides is 1. The number of carbonyl (C=O) groups is 1. The summed E-state index contributed by atoms with van der Waals surface area (Å²) in [6.07, 6.45) is 1.05. The Morgan fingerprint density at radius 2 is 2.12 bits per heavy atom. The van der Waals surface area contributed by atoms with Gasteiger partial charge in [0.15, 0.2) is 0 Å². The van der Waals surface area contributed by atoms with Crippen molar-refractivity contribution in [2.75, 3.05) is 6.54 Å². The van der Waals surface area contributed by atoms with E-state index in [0.29, 0.717) is 17.0 Å². The number of hydrogen-bond donors (Lipinski definition) is 0. The Balaban J connectivity index is 2.22. The Morgan fingerprint density at radius 1 is 1.41 bits per heavy atom. The fourth-order valence-electron chi connectivity index (χ4n) is 2.53. The van der Waals surface area contributed by atoms with Crippen molar-refractivity contribution in [1.29, 1.82) is 0 Å². The second-order valence-corrected chi connectivity index (χ2v) is 5.11. The van der Waals surface area contributed by atoms with Gasteiger partial charge in [0, 0.05) is 18.2 Å². The molecule has 1 aliphatic heterocycles. The van der Waals surface area contributed by atoms with E-state index in [4.69, 9.17) is 0 Å². The van der Waals surface area contributed by atoms with Gasteiger partial charge in [-0.3, -0.25) is 4.79 Å². The van der Waals surface area contributed by atoms with E-state index in [2.05, 4.69) is 13.8 Å². The molecule has 1 saturated heterocycles. The van der Waals surface area contributed by atoms with Gasteiger partial charge in [-0.15, -0.1) is 0 Å². The van der Waals surface area contributed by atoms with Crippen LogP contribution in [0.4, 0.5) is 4.39 Å². The van der Waals surface area contributed by atoms with Crippen molar-refractivity contribution in [2.24, 2.45) is 5.92 Å². The van der Waals surface area contributed by atoms with E-state index in [0.717, 1.165) is 13.0 Å². The zero-order valence-electron chi connectivity index (χ0n) is 10.5. The minimum absolute atomic E-state index is 0.0185. The highest BCUT2D eigenvalue weighted by Crippen LogP contribution is 2.24. The highest BCUT2D eigenvalue weighted by atomic mass is 19.1. The summed E-state index contributed by atoms with van der Waals surface area (Å²) in [7, 11) is 0. The van der Waals surface area contributed by atoms with Crippen molar-refractivity contribution in [3.63, 3.8) is 0 Å². The number of aryl methyl sites for hydroxylation is 1. The van der Waals surface area contributed by atoms with Crippen LogP contribution >= 0.6 is 0 Å². The quantitative estimate of drug-likeness (QED) is 0.732. The summed E-state index contributed by atoms with van der Waals surface area (Å²) in [4.78, 5) is 14.2. The van der Waals surface area contributed by atoms with E-state index >= 15 is 0 Å². The summed E-state index contributed by atoms with van der Waals surface area (Å²) in [6.45, 7) is 6.70. The van der Waals surface area contributed by atoms with Crippen LogP contribution in [0.2, 0.25) is 0 Å². The Kier molecular flexibility index (Phi) is 3.18. The molecule has 2 atom stereocenters. The van der Waals surface area contributed by atoms with E-state index < -0.39 is 0 Å². The van der Waals surface area contributed by atoms with Gasteiger partial charge < -0.3 is 4.90 Å². The largest absolute Gasteiger partial charge is 0.336 e. The van der Waals surface area contributed by atoms with Crippen LogP contribution in [0.15, 0.2) is 18.2 Å². The third-order valence-corrected chi connectivity index (χ3v) is 3.45. The molecule has 1 amide bonds. The van der Waals surface area contributed by atoms with E-state index in [-0.39, 0.29) is 17.8 Å². The molecule has 2 rings (SSSR count). The number of likely N-dealkylation sites (tertiary alicyclic amines) is 1.